The fraction of sp³-hybridized carbons (Fsp3) is 0.538. The van der Waals surface area contributed by atoms with Crippen LogP contribution in [0.1, 0.15) is 44.0 Å². The highest BCUT2D eigenvalue weighted by Crippen LogP contribution is 2.13. The van der Waals surface area contributed by atoms with E-state index < -0.39 is 0 Å². The first-order valence-corrected chi connectivity index (χ1v) is 6.26. The van der Waals surface area contributed by atoms with Crippen molar-refractivity contribution in [3.8, 4) is 0 Å². The molecule has 1 aromatic rings. The van der Waals surface area contributed by atoms with Crippen LogP contribution in [-0.2, 0) is 0 Å². The van der Waals surface area contributed by atoms with Crippen LogP contribution in [0, 0.1) is 5.92 Å². The van der Waals surface area contributed by atoms with E-state index in [1.807, 2.05) is 6.92 Å². The summed E-state index contributed by atoms with van der Waals surface area (Å²) in [5.41, 5.74) is 3.55. The van der Waals surface area contributed by atoms with E-state index in [4.69, 9.17) is 5.84 Å². The zero-order chi connectivity index (χ0) is 13.5. The summed E-state index contributed by atoms with van der Waals surface area (Å²) >= 11 is 0. The largest absolute Gasteiger partial charge is 0.349 e. The summed E-state index contributed by atoms with van der Waals surface area (Å²) in [7, 11) is 0. The van der Waals surface area contributed by atoms with Gasteiger partial charge >= 0.3 is 0 Å². The first-order valence-electron chi connectivity index (χ1n) is 6.26. The molecule has 0 aromatic carbocycles. The molecule has 1 rings (SSSR count). The van der Waals surface area contributed by atoms with Gasteiger partial charge in [-0.05, 0) is 31.7 Å². The van der Waals surface area contributed by atoms with Gasteiger partial charge in [0.1, 0.15) is 0 Å². The Kier molecular flexibility index (Phi) is 5.58. The van der Waals surface area contributed by atoms with Crippen molar-refractivity contribution in [1.29, 1.82) is 0 Å². The Morgan fingerprint density at radius 3 is 2.72 bits per heavy atom. The summed E-state index contributed by atoms with van der Waals surface area (Å²) in [6.45, 7) is 6.35. The summed E-state index contributed by atoms with van der Waals surface area (Å²) in [5.74, 6) is 5.86. The van der Waals surface area contributed by atoms with E-state index in [0.717, 1.165) is 12.8 Å². The van der Waals surface area contributed by atoms with Crippen LogP contribution < -0.4 is 16.6 Å². The second kappa shape index (κ2) is 6.96. The third-order valence-corrected chi connectivity index (χ3v) is 2.78. The van der Waals surface area contributed by atoms with Gasteiger partial charge in [-0.2, -0.15) is 0 Å². The van der Waals surface area contributed by atoms with Crippen molar-refractivity contribution >= 4 is 11.6 Å². The van der Waals surface area contributed by atoms with Gasteiger partial charge in [0.2, 0.25) is 0 Å². The predicted octanol–water partition coefficient (Wildman–Crippen LogP) is 1.92. The predicted molar refractivity (Wildman–Crippen MR) is 73.0 cm³/mol. The maximum absolute atomic E-state index is 12.0. The number of rotatable bonds is 6. The van der Waals surface area contributed by atoms with Gasteiger partial charge in [0.25, 0.3) is 5.91 Å². The summed E-state index contributed by atoms with van der Waals surface area (Å²) in [4.78, 5) is 16.0. The van der Waals surface area contributed by atoms with Crippen molar-refractivity contribution in [2.45, 2.75) is 39.7 Å². The SMILES string of the molecule is CC(C)CCC(C)NC(=O)c1cnccc1NN. The van der Waals surface area contributed by atoms with E-state index in [1.54, 1.807) is 12.3 Å². The van der Waals surface area contributed by atoms with Crippen molar-refractivity contribution in [3.05, 3.63) is 24.0 Å². The molecule has 5 nitrogen and oxygen atoms in total. The molecule has 1 atom stereocenters. The Balaban J connectivity index is 2.59. The lowest BCUT2D eigenvalue weighted by atomic mass is 10.0. The molecule has 1 heterocycles. The molecule has 0 spiro atoms. The molecule has 1 aromatic heterocycles. The number of nitrogens with one attached hydrogen (secondary N) is 2. The normalized spacial score (nSPS) is 12.3. The number of nitrogens with zero attached hydrogens (tertiary/aromatic N) is 1. The van der Waals surface area contributed by atoms with Crippen molar-refractivity contribution in [2.24, 2.45) is 11.8 Å². The van der Waals surface area contributed by atoms with Gasteiger partial charge in [-0.3, -0.25) is 15.6 Å². The van der Waals surface area contributed by atoms with Gasteiger partial charge in [-0.15, -0.1) is 0 Å². The first-order chi connectivity index (χ1) is 8.54. The molecule has 0 aliphatic heterocycles. The second-order valence-electron chi connectivity index (χ2n) is 4.91. The van der Waals surface area contributed by atoms with Crippen LogP contribution in [-0.4, -0.2) is 16.9 Å². The van der Waals surface area contributed by atoms with Crippen LogP contribution in [0.15, 0.2) is 18.5 Å². The number of aromatic nitrogens is 1. The molecular weight excluding hydrogens is 228 g/mol. The molecule has 0 aliphatic carbocycles. The summed E-state index contributed by atoms with van der Waals surface area (Å²) < 4.78 is 0. The van der Waals surface area contributed by atoms with Gasteiger partial charge in [0, 0.05) is 18.4 Å². The molecule has 100 valence electrons. The molecule has 5 heteroatoms. The number of nitrogen functional groups attached to an aromatic ring is 1. The third-order valence-electron chi connectivity index (χ3n) is 2.78. The minimum absolute atomic E-state index is 0.144. The standard InChI is InChI=1S/C13H22N4O/c1-9(2)4-5-10(3)16-13(18)11-8-15-7-6-12(11)17-14/h6-10H,4-5,14H2,1-3H3,(H,15,17)(H,16,18). The van der Waals surface area contributed by atoms with Crippen LogP contribution >= 0.6 is 0 Å². The zero-order valence-electron chi connectivity index (χ0n) is 11.2. The number of hydrogen-bond acceptors (Lipinski definition) is 4. The van der Waals surface area contributed by atoms with Crippen molar-refractivity contribution in [3.63, 3.8) is 0 Å². The highest BCUT2D eigenvalue weighted by Gasteiger charge is 2.13. The lowest BCUT2D eigenvalue weighted by Gasteiger charge is -2.16. The average Bonchev–Trinajstić information content (AvgIpc) is 2.36. The third kappa shape index (κ3) is 4.33. The molecule has 4 N–H and O–H groups in total. The van der Waals surface area contributed by atoms with E-state index in [1.165, 1.54) is 6.20 Å². The molecule has 0 saturated carbocycles. The monoisotopic (exact) mass is 250 g/mol. The second-order valence-corrected chi connectivity index (χ2v) is 4.91. The smallest absolute Gasteiger partial charge is 0.255 e. The van der Waals surface area contributed by atoms with E-state index >= 15 is 0 Å². The molecule has 1 unspecified atom stereocenters. The fourth-order valence-electron chi connectivity index (χ4n) is 1.66. The fourth-order valence-corrected chi connectivity index (χ4v) is 1.66. The number of nitrogens with two attached hydrogens (primary N) is 1. The first kappa shape index (κ1) is 14.4. The summed E-state index contributed by atoms with van der Waals surface area (Å²) in [6, 6.07) is 1.82. The highest BCUT2D eigenvalue weighted by atomic mass is 16.1. The Bertz CT molecular complexity index is 392. The number of carbonyl (C=O) groups excluding carboxylic acids is 1. The van der Waals surface area contributed by atoms with Crippen molar-refractivity contribution in [2.75, 3.05) is 5.43 Å². The van der Waals surface area contributed by atoms with Gasteiger partial charge in [0.15, 0.2) is 0 Å². The average molecular weight is 250 g/mol. The van der Waals surface area contributed by atoms with E-state index in [2.05, 4.69) is 29.6 Å². The van der Waals surface area contributed by atoms with Crippen LogP contribution in [0.5, 0.6) is 0 Å². The van der Waals surface area contributed by atoms with Gasteiger partial charge in [-0.25, -0.2) is 0 Å². The maximum atomic E-state index is 12.0. The molecule has 0 saturated heterocycles. The minimum Gasteiger partial charge on any atom is -0.349 e. The number of carbonyl (C=O) groups is 1. The number of hydrazine groups is 1. The molecule has 0 bridgehead atoms. The maximum Gasteiger partial charge on any atom is 0.255 e. The van der Waals surface area contributed by atoms with Crippen LogP contribution in [0.3, 0.4) is 0 Å². The van der Waals surface area contributed by atoms with Crippen LogP contribution in [0.4, 0.5) is 5.69 Å². The van der Waals surface area contributed by atoms with E-state index in [0.29, 0.717) is 17.2 Å². The number of pyridine rings is 1. The lowest BCUT2D eigenvalue weighted by molar-refractivity contribution is 0.0937. The lowest BCUT2D eigenvalue weighted by Crippen LogP contribution is -2.33. The van der Waals surface area contributed by atoms with Crippen molar-refractivity contribution < 1.29 is 4.79 Å². The summed E-state index contributed by atoms with van der Waals surface area (Å²) in [5, 5.41) is 2.95. The van der Waals surface area contributed by atoms with Crippen molar-refractivity contribution in [1.82, 2.24) is 10.3 Å². The van der Waals surface area contributed by atoms with E-state index in [9.17, 15) is 4.79 Å². The number of amides is 1. The van der Waals surface area contributed by atoms with E-state index in [-0.39, 0.29) is 11.9 Å². The van der Waals surface area contributed by atoms with Crippen LogP contribution in [0.2, 0.25) is 0 Å². The quantitative estimate of drug-likeness (QED) is 0.532. The van der Waals surface area contributed by atoms with Crippen LogP contribution in [0.25, 0.3) is 0 Å². The Labute approximate surface area is 108 Å². The number of hydrogen-bond donors (Lipinski definition) is 3. The molecule has 0 fully saturated rings. The number of anilines is 1. The summed E-state index contributed by atoms with van der Waals surface area (Å²) in [6.07, 6.45) is 5.17. The molecule has 0 radical (unpaired) electrons. The molecule has 18 heavy (non-hydrogen) atoms. The highest BCUT2D eigenvalue weighted by molar-refractivity contribution is 5.99. The Hall–Kier alpha value is -1.62. The molecule has 1 amide bonds. The Morgan fingerprint density at radius 1 is 1.39 bits per heavy atom. The topological polar surface area (TPSA) is 80.0 Å². The van der Waals surface area contributed by atoms with Gasteiger partial charge < -0.3 is 10.7 Å². The van der Waals surface area contributed by atoms with Gasteiger partial charge in [-0.1, -0.05) is 13.8 Å². The van der Waals surface area contributed by atoms with Gasteiger partial charge in [0.05, 0.1) is 11.3 Å². The molecule has 0 aliphatic rings. The minimum atomic E-state index is -0.146. The zero-order valence-corrected chi connectivity index (χ0v) is 11.2. The Morgan fingerprint density at radius 2 is 2.11 bits per heavy atom. The molecular formula is C13H22N4O.